The van der Waals surface area contributed by atoms with Crippen molar-refractivity contribution in [2.24, 2.45) is 0 Å². The largest absolute Gasteiger partial charge is 0.347 e. The molecule has 1 atom stereocenters. The number of quaternary nitrogens is 1. The maximum atomic E-state index is 12.3. The summed E-state index contributed by atoms with van der Waals surface area (Å²) in [5.41, 5.74) is 0.658. The molecule has 0 aliphatic heterocycles. The van der Waals surface area contributed by atoms with Gasteiger partial charge in [0.1, 0.15) is 0 Å². The number of sulfonamides is 1. The van der Waals surface area contributed by atoms with E-state index >= 15 is 0 Å². The first-order valence-electron chi connectivity index (χ1n) is 8.86. The first kappa shape index (κ1) is 23.1. The second-order valence-electron chi connectivity index (χ2n) is 7.49. The van der Waals surface area contributed by atoms with Gasteiger partial charge in [-0.3, -0.25) is 9.59 Å². The average molecular weight is 400 g/mol. The van der Waals surface area contributed by atoms with Gasteiger partial charge >= 0.3 is 0 Å². The summed E-state index contributed by atoms with van der Waals surface area (Å²) >= 11 is 0. The van der Waals surface area contributed by atoms with E-state index in [1.54, 1.807) is 19.1 Å². The molecule has 9 heteroatoms. The van der Waals surface area contributed by atoms with Gasteiger partial charge in [-0.05, 0) is 59.4 Å². The molecular weight excluding hydrogens is 368 g/mol. The zero-order valence-corrected chi connectivity index (χ0v) is 17.7. The van der Waals surface area contributed by atoms with Gasteiger partial charge in [0.05, 0.1) is 11.4 Å². The van der Waals surface area contributed by atoms with Crippen molar-refractivity contribution in [1.29, 1.82) is 0 Å². The van der Waals surface area contributed by atoms with E-state index in [0.29, 0.717) is 17.8 Å². The molecule has 0 aromatic heterocycles. The standard InChI is InChI=1S/C18H30N4O4S/c1-7-22(12-17(24)21-18(3,4)5)11-16(23)20-14-9-8-13(2)15(10-14)27(25,26)19-6/h8-10,19H,7,11-12H2,1-6H3,(H,20,23)(H,21,24)/p+1. The summed E-state index contributed by atoms with van der Waals surface area (Å²) in [6, 6.07) is 4.72. The number of hydrogen-bond donors (Lipinski definition) is 4. The molecule has 152 valence electrons. The number of carbonyl (C=O) groups excluding carboxylic acids is 2. The van der Waals surface area contributed by atoms with E-state index in [1.807, 2.05) is 27.7 Å². The summed E-state index contributed by atoms with van der Waals surface area (Å²) in [6.07, 6.45) is 0. The van der Waals surface area contributed by atoms with Crippen LogP contribution in [0.15, 0.2) is 23.1 Å². The summed E-state index contributed by atoms with van der Waals surface area (Å²) in [5, 5.41) is 5.59. The van der Waals surface area contributed by atoms with Crippen LogP contribution in [0.2, 0.25) is 0 Å². The first-order chi connectivity index (χ1) is 12.4. The minimum atomic E-state index is -3.61. The molecule has 4 N–H and O–H groups in total. The van der Waals surface area contributed by atoms with Crippen LogP contribution in [-0.2, 0) is 19.6 Å². The maximum absolute atomic E-state index is 12.3. The number of hydrogen-bond acceptors (Lipinski definition) is 4. The number of benzene rings is 1. The molecule has 1 rings (SSSR count). The summed E-state index contributed by atoms with van der Waals surface area (Å²) < 4.78 is 26.4. The maximum Gasteiger partial charge on any atom is 0.279 e. The van der Waals surface area contributed by atoms with Gasteiger partial charge in [0.2, 0.25) is 10.0 Å². The van der Waals surface area contributed by atoms with Crippen molar-refractivity contribution < 1.29 is 22.9 Å². The fourth-order valence-corrected chi connectivity index (χ4v) is 3.51. The molecule has 27 heavy (non-hydrogen) atoms. The average Bonchev–Trinajstić information content (AvgIpc) is 2.54. The minimum absolute atomic E-state index is 0.107. The molecule has 1 aromatic rings. The summed E-state index contributed by atoms with van der Waals surface area (Å²) in [4.78, 5) is 25.3. The van der Waals surface area contributed by atoms with Gasteiger partial charge in [-0.1, -0.05) is 6.07 Å². The molecule has 8 nitrogen and oxygen atoms in total. The summed E-state index contributed by atoms with van der Waals surface area (Å²) in [7, 11) is -2.27. The zero-order valence-electron chi connectivity index (χ0n) is 16.9. The Morgan fingerprint density at radius 3 is 2.22 bits per heavy atom. The van der Waals surface area contributed by atoms with E-state index in [2.05, 4.69) is 15.4 Å². The fraction of sp³-hybridized carbons (Fsp3) is 0.556. The smallest absolute Gasteiger partial charge is 0.279 e. The van der Waals surface area contributed by atoms with Gasteiger partial charge in [0, 0.05) is 11.2 Å². The minimum Gasteiger partial charge on any atom is -0.347 e. The lowest BCUT2D eigenvalue weighted by atomic mass is 10.1. The number of rotatable bonds is 8. The van der Waals surface area contributed by atoms with Gasteiger partial charge in [-0.15, -0.1) is 0 Å². The van der Waals surface area contributed by atoms with Crippen LogP contribution in [0.3, 0.4) is 0 Å². The fourth-order valence-electron chi connectivity index (χ4n) is 2.51. The van der Waals surface area contributed by atoms with Crippen LogP contribution in [0.5, 0.6) is 0 Å². The van der Waals surface area contributed by atoms with E-state index in [4.69, 9.17) is 0 Å². The monoisotopic (exact) mass is 399 g/mol. The lowest BCUT2D eigenvalue weighted by Crippen LogP contribution is -3.14. The van der Waals surface area contributed by atoms with Crippen LogP contribution in [0.1, 0.15) is 33.3 Å². The van der Waals surface area contributed by atoms with E-state index in [9.17, 15) is 18.0 Å². The highest BCUT2D eigenvalue weighted by molar-refractivity contribution is 7.89. The molecule has 0 heterocycles. The van der Waals surface area contributed by atoms with E-state index in [0.717, 1.165) is 4.90 Å². The second-order valence-corrected chi connectivity index (χ2v) is 9.35. The van der Waals surface area contributed by atoms with Crippen LogP contribution in [0.25, 0.3) is 0 Å². The van der Waals surface area contributed by atoms with Crippen molar-refractivity contribution in [1.82, 2.24) is 10.0 Å². The molecule has 1 unspecified atom stereocenters. The highest BCUT2D eigenvalue weighted by atomic mass is 32.2. The number of likely N-dealkylation sites (N-methyl/N-ethyl adjacent to an activating group) is 1. The van der Waals surface area contributed by atoms with E-state index < -0.39 is 10.0 Å². The van der Waals surface area contributed by atoms with Crippen LogP contribution < -0.4 is 20.3 Å². The van der Waals surface area contributed by atoms with Crippen molar-refractivity contribution in [3.8, 4) is 0 Å². The predicted molar refractivity (Wildman–Crippen MR) is 105 cm³/mol. The van der Waals surface area contributed by atoms with Gasteiger partial charge in [-0.2, -0.15) is 0 Å². The van der Waals surface area contributed by atoms with Gasteiger partial charge in [0.15, 0.2) is 13.1 Å². The van der Waals surface area contributed by atoms with Crippen molar-refractivity contribution in [2.45, 2.75) is 45.1 Å². The molecule has 0 aliphatic rings. The Balaban J connectivity index is 2.78. The van der Waals surface area contributed by atoms with Gasteiger partial charge < -0.3 is 15.5 Å². The second kappa shape index (κ2) is 9.29. The Morgan fingerprint density at radius 1 is 1.11 bits per heavy atom. The Kier molecular flexibility index (Phi) is 7.94. The molecule has 0 fully saturated rings. The molecule has 0 saturated heterocycles. The Hall–Kier alpha value is -1.97. The third kappa shape index (κ3) is 7.66. The predicted octanol–water partition coefficient (Wildman–Crippen LogP) is -0.339. The van der Waals surface area contributed by atoms with Gasteiger partial charge in [0.25, 0.3) is 11.8 Å². The molecule has 0 bridgehead atoms. The quantitative estimate of drug-likeness (QED) is 0.480. The van der Waals surface area contributed by atoms with Crippen molar-refractivity contribution >= 4 is 27.5 Å². The lowest BCUT2D eigenvalue weighted by Gasteiger charge is -2.23. The van der Waals surface area contributed by atoms with E-state index in [1.165, 1.54) is 13.1 Å². The molecule has 0 aliphatic carbocycles. The highest BCUT2D eigenvalue weighted by Gasteiger charge is 2.21. The molecule has 2 amide bonds. The zero-order chi connectivity index (χ0) is 20.8. The Bertz CT molecular complexity index is 785. The normalized spacial score (nSPS) is 13.1. The van der Waals surface area contributed by atoms with Crippen molar-refractivity contribution in [3.63, 3.8) is 0 Å². The Morgan fingerprint density at radius 2 is 1.70 bits per heavy atom. The summed E-state index contributed by atoms with van der Waals surface area (Å²) in [5.74, 6) is -0.406. The van der Waals surface area contributed by atoms with Crippen LogP contribution in [0, 0.1) is 6.92 Å². The number of carbonyl (C=O) groups is 2. The lowest BCUT2D eigenvalue weighted by molar-refractivity contribution is -0.881. The topological polar surface area (TPSA) is 109 Å². The van der Waals surface area contributed by atoms with Crippen LogP contribution in [-0.4, -0.2) is 52.5 Å². The molecule has 0 spiro atoms. The summed E-state index contributed by atoms with van der Waals surface area (Å²) in [6.45, 7) is 10.2. The third-order valence-electron chi connectivity index (χ3n) is 3.87. The molecule has 0 radical (unpaired) electrons. The van der Waals surface area contributed by atoms with Crippen LogP contribution in [0.4, 0.5) is 5.69 Å². The molecule has 1 aromatic carbocycles. The first-order valence-corrected chi connectivity index (χ1v) is 10.3. The van der Waals surface area contributed by atoms with Crippen LogP contribution >= 0.6 is 0 Å². The molecule has 0 saturated carbocycles. The number of aryl methyl sites for hydroxylation is 1. The Labute approximate surface area is 161 Å². The highest BCUT2D eigenvalue weighted by Crippen LogP contribution is 2.19. The third-order valence-corrected chi connectivity index (χ3v) is 5.42. The number of nitrogens with one attached hydrogen (secondary N) is 4. The van der Waals surface area contributed by atoms with Crippen molar-refractivity contribution in [2.75, 3.05) is 32.0 Å². The van der Waals surface area contributed by atoms with Gasteiger partial charge in [-0.25, -0.2) is 13.1 Å². The van der Waals surface area contributed by atoms with E-state index in [-0.39, 0.29) is 35.3 Å². The SMILES string of the molecule is CC[NH+](CC(=O)Nc1ccc(C)c(S(=O)(=O)NC)c1)CC(=O)NC(C)(C)C. The number of amides is 2. The number of anilines is 1. The molecular formula is C18H31N4O4S+. The van der Waals surface area contributed by atoms with Crippen molar-refractivity contribution in [3.05, 3.63) is 23.8 Å².